The Hall–Kier alpha value is -1.10. The quantitative estimate of drug-likeness (QED) is 0.784. The Labute approximate surface area is 114 Å². The first-order valence-electron chi connectivity index (χ1n) is 7.53. The van der Waals surface area contributed by atoms with Gasteiger partial charge in [0, 0.05) is 18.6 Å². The molecule has 3 heterocycles. The van der Waals surface area contributed by atoms with Crippen LogP contribution in [0.15, 0.2) is 0 Å². The van der Waals surface area contributed by atoms with E-state index in [0.717, 1.165) is 19.4 Å². The molecule has 0 aliphatic carbocycles. The maximum absolute atomic E-state index is 12.2. The molecule has 2 amide bonds. The van der Waals surface area contributed by atoms with Crippen molar-refractivity contribution in [1.82, 2.24) is 15.1 Å². The Morgan fingerprint density at radius 1 is 1.21 bits per heavy atom. The molecule has 3 aliphatic heterocycles. The molecule has 5 nitrogen and oxygen atoms in total. The lowest BCUT2D eigenvalue weighted by Crippen LogP contribution is -2.63. The van der Waals surface area contributed by atoms with Gasteiger partial charge in [-0.05, 0) is 38.6 Å². The van der Waals surface area contributed by atoms with Gasteiger partial charge in [0.05, 0.1) is 6.54 Å². The van der Waals surface area contributed by atoms with Gasteiger partial charge >= 0.3 is 0 Å². The van der Waals surface area contributed by atoms with Gasteiger partial charge < -0.3 is 15.1 Å². The zero-order valence-electron chi connectivity index (χ0n) is 11.6. The maximum atomic E-state index is 12.2. The Kier molecular flexibility index (Phi) is 3.48. The summed E-state index contributed by atoms with van der Waals surface area (Å²) in [5.41, 5.74) is 0. The van der Waals surface area contributed by atoms with Gasteiger partial charge in [0.25, 0.3) is 0 Å². The van der Waals surface area contributed by atoms with Crippen LogP contribution in [-0.4, -0.2) is 59.4 Å². The van der Waals surface area contributed by atoms with Crippen LogP contribution < -0.4 is 5.32 Å². The van der Waals surface area contributed by atoms with Crippen LogP contribution >= 0.6 is 0 Å². The zero-order chi connectivity index (χ0) is 13.4. The lowest BCUT2D eigenvalue weighted by molar-refractivity contribution is -0.150. The predicted molar refractivity (Wildman–Crippen MR) is 71.6 cm³/mol. The summed E-state index contributed by atoms with van der Waals surface area (Å²) in [5.74, 6) is 0.124. The third-order valence-electron chi connectivity index (χ3n) is 4.91. The summed E-state index contributed by atoms with van der Waals surface area (Å²) >= 11 is 0. The molecule has 1 N–H and O–H groups in total. The predicted octanol–water partition coefficient (Wildman–Crippen LogP) is 0.350. The van der Waals surface area contributed by atoms with Crippen molar-refractivity contribution in [3.8, 4) is 0 Å². The highest BCUT2D eigenvalue weighted by Gasteiger charge is 2.41. The number of hydrogen-bond donors (Lipinski definition) is 1. The van der Waals surface area contributed by atoms with Crippen molar-refractivity contribution in [1.29, 1.82) is 0 Å². The fraction of sp³-hybridized carbons (Fsp3) is 0.857. The van der Waals surface area contributed by atoms with E-state index in [9.17, 15) is 9.59 Å². The molecule has 0 aromatic carbocycles. The Morgan fingerprint density at radius 2 is 2.05 bits per heavy atom. The van der Waals surface area contributed by atoms with E-state index < -0.39 is 0 Å². The summed E-state index contributed by atoms with van der Waals surface area (Å²) < 4.78 is 0. The topological polar surface area (TPSA) is 52.7 Å². The molecule has 3 unspecified atom stereocenters. The van der Waals surface area contributed by atoms with Crippen molar-refractivity contribution in [3.63, 3.8) is 0 Å². The van der Waals surface area contributed by atoms with Gasteiger partial charge in [0.2, 0.25) is 11.8 Å². The van der Waals surface area contributed by atoms with Crippen LogP contribution in [0.4, 0.5) is 0 Å². The number of fused-ring (bicyclic) bond motifs is 1. The van der Waals surface area contributed by atoms with Gasteiger partial charge in [-0.25, -0.2) is 0 Å². The molecule has 3 atom stereocenters. The Morgan fingerprint density at radius 3 is 2.84 bits per heavy atom. The normalized spacial score (nSPS) is 36.3. The van der Waals surface area contributed by atoms with Crippen LogP contribution in [0, 0.1) is 0 Å². The summed E-state index contributed by atoms with van der Waals surface area (Å²) in [5, 5.41) is 2.71. The summed E-state index contributed by atoms with van der Waals surface area (Å²) in [6.45, 7) is 4.46. The number of carbonyl (C=O) groups excluding carboxylic acids is 2. The second-order valence-corrected chi connectivity index (χ2v) is 5.95. The van der Waals surface area contributed by atoms with E-state index in [-0.39, 0.29) is 30.4 Å². The zero-order valence-corrected chi connectivity index (χ0v) is 11.6. The number of carbonyl (C=O) groups is 2. The number of nitrogens with one attached hydrogen (secondary N) is 1. The van der Waals surface area contributed by atoms with Crippen LogP contribution in [-0.2, 0) is 9.59 Å². The van der Waals surface area contributed by atoms with Crippen LogP contribution in [0.2, 0.25) is 0 Å². The molecular formula is C14H23N3O2. The van der Waals surface area contributed by atoms with E-state index in [4.69, 9.17) is 0 Å². The molecule has 106 valence electrons. The Balaban J connectivity index is 1.75. The average Bonchev–Trinajstić information content (AvgIpc) is 2.88. The Bertz CT molecular complexity index is 385. The minimum absolute atomic E-state index is 0.0240. The van der Waals surface area contributed by atoms with Crippen LogP contribution in [0.3, 0.4) is 0 Å². The highest BCUT2D eigenvalue weighted by atomic mass is 16.2. The molecule has 0 saturated carbocycles. The first kappa shape index (κ1) is 12.9. The second-order valence-electron chi connectivity index (χ2n) is 5.95. The monoisotopic (exact) mass is 265 g/mol. The van der Waals surface area contributed by atoms with Crippen molar-refractivity contribution in [3.05, 3.63) is 0 Å². The molecule has 3 saturated heterocycles. The van der Waals surface area contributed by atoms with Crippen molar-refractivity contribution in [2.45, 2.75) is 57.2 Å². The molecule has 19 heavy (non-hydrogen) atoms. The lowest BCUT2D eigenvalue weighted by Gasteiger charge is -2.45. The van der Waals surface area contributed by atoms with Gasteiger partial charge in [-0.3, -0.25) is 9.59 Å². The average molecular weight is 265 g/mol. The first-order valence-corrected chi connectivity index (χ1v) is 7.53. The van der Waals surface area contributed by atoms with Crippen molar-refractivity contribution in [2.24, 2.45) is 0 Å². The SMILES string of the molecule is CCC1C(=O)NCC(=O)N1C1CCN2CCCC2C1. The van der Waals surface area contributed by atoms with Gasteiger partial charge in [-0.15, -0.1) is 0 Å². The van der Waals surface area contributed by atoms with E-state index >= 15 is 0 Å². The van der Waals surface area contributed by atoms with Crippen molar-refractivity contribution in [2.75, 3.05) is 19.6 Å². The van der Waals surface area contributed by atoms with Crippen LogP contribution in [0.5, 0.6) is 0 Å². The molecule has 0 radical (unpaired) electrons. The van der Waals surface area contributed by atoms with Crippen LogP contribution in [0.25, 0.3) is 0 Å². The fourth-order valence-electron chi connectivity index (χ4n) is 3.97. The molecule has 5 heteroatoms. The summed E-state index contributed by atoms with van der Waals surface area (Å²) in [6, 6.07) is 0.649. The van der Waals surface area contributed by atoms with Gasteiger partial charge in [-0.1, -0.05) is 6.92 Å². The van der Waals surface area contributed by atoms with Crippen LogP contribution in [0.1, 0.15) is 39.0 Å². The lowest BCUT2D eigenvalue weighted by atomic mass is 9.93. The van der Waals surface area contributed by atoms with E-state index in [0.29, 0.717) is 12.5 Å². The van der Waals surface area contributed by atoms with E-state index in [2.05, 4.69) is 10.2 Å². The standard InChI is InChI=1S/C14H23N3O2/c1-2-12-14(19)15-9-13(18)17(12)11-5-7-16-6-3-4-10(16)8-11/h10-12H,2-9H2,1H3,(H,15,19). The van der Waals surface area contributed by atoms with Gasteiger partial charge in [-0.2, -0.15) is 0 Å². The van der Waals surface area contributed by atoms with E-state index in [1.54, 1.807) is 0 Å². The summed E-state index contributed by atoms with van der Waals surface area (Å²) in [4.78, 5) is 28.6. The number of hydrogen-bond acceptors (Lipinski definition) is 3. The molecule has 0 aromatic rings. The molecule has 0 aromatic heterocycles. The van der Waals surface area contributed by atoms with Crippen molar-refractivity contribution >= 4 is 11.8 Å². The number of rotatable bonds is 2. The molecule has 0 bridgehead atoms. The molecule has 3 fully saturated rings. The van der Waals surface area contributed by atoms with Gasteiger partial charge in [0.1, 0.15) is 6.04 Å². The third kappa shape index (κ3) is 2.24. The third-order valence-corrected chi connectivity index (χ3v) is 4.91. The smallest absolute Gasteiger partial charge is 0.243 e. The highest BCUT2D eigenvalue weighted by molar-refractivity contribution is 5.94. The number of piperazine rings is 1. The largest absolute Gasteiger partial charge is 0.345 e. The minimum atomic E-state index is -0.251. The number of nitrogens with zero attached hydrogens (tertiary/aromatic N) is 2. The first-order chi connectivity index (χ1) is 9.20. The number of piperidine rings is 1. The summed E-state index contributed by atoms with van der Waals surface area (Å²) in [6.07, 6.45) is 5.31. The molecule has 3 rings (SSSR count). The fourth-order valence-corrected chi connectivity index (χ4v) is 3.97. The molecule has 3 aliphatic rings. The van der Waals surface area contributed by atoms with Crippen molar-refractivity contribution < 1.29 is 9.59 Å². The summed E-state index contributed by atoms with van der Waals surface area (Å²) in [7, 11) is 0. The van der Waals surface area contributed by atoms with E-state index in [1.807, 2.05) is 11.8 Å². The van der Waals surface area contributed by atoms with E-state index in [1.165, 1.54) is 19.4 Å². The number of amides is 2. The second kappa shape index (κ2) is 5.12. The minimum Gasteiger partial charge on any atom is -0.345 e. The van der Waals surface area contributed by atoms with Gasteiger partial charge in [0.15, 0.2) is 0 Å². The molecular weight excluding hydrogens is 242 g/mol. The molecule has 0 spiro atoms. The highest BCUT2D eigenvalue weighted by Crippen LogP contribution is 2.31. The maximum Gasteiger partial charge on any atom is 0.243 e.